The van der Waals surface area contributed by atoms with Gasteiger partial charge in [-0.05, 0) is 40.9 Å². The van der Waals surface area contributed by atoms with E-state index in [2.05, 4.69) is 76.3 Å². The minimum Gasteiger partial charge on any atom is -0.348 e. The fourth-order valence-corrected chi connectivity index (χ4v) is 4.44. The maximum Gasteiger partial charge on any atom is 0.286 e. The second-order valence-corrected chi connectivity index (χ2v) is 8.16. The molecule has 0 saturated carbocycles. The number of carbonyl (C=O) groups excluding carboxylic acids is 1. The van der Waals surface area contributed by atoms with Crippen LogP contribution in [0, 0.1) is 0 Å². The lowest BCUT2D eigenvalue weighted by atomic mass is 10.1. The smallest absolute Gasteiger partial charge is 0.286 e. The molecule has 1 fully saturated rings. The van der Waals surface area contributed by atoms with Gasteiger partial charge in [0.2, 0.25) is 0 Å². The highest BCUT2D eigenvalue weighted by Gasteiger charge is 2.28. The second-order valence-electron chi connectivity index (χ2n) is 7.15. The van der Waals surface area contributed by atoms with Crippen LogP contribution in [0.5, 0.6) is 0 Å². The van der Waals surface area contributed by atoms with Gasteiger partial charge in [-0.2, -0.15) is 4.99 Å². The molecule has 2 aromatic carbocycles. The number of benzene rings is 2. The van der Waals surface area contributed by atoms with Gasteiger partial charge in [0.15, 0.2) is 5.17 Å². The van der Waals surface area contributed by atoms with Crippen molar-refractivity contribution in [1.82, 2.24) is 9.80 Å². The Morgan fingerprint density at radius 2 is 1.68 bits per heavy atom. The van der Waals surface area contributed by atoms with Crippen molar-refractivity contribution in [3.8, 4) is 0 Å². The van der Waals surface area contributed by atoms with E-state index >= 15 is 0 Å². The standard InChI is InChI=1S/C23H25N3OS/c1-2-18-8-10-19(11-9-18)16-21-22(27)24-23(28-21)26-14-12-25(13-15-26)17-20-6-4-3-5-7-20/h3-11,16H,2,12-15,17H2,1H3/b21-16-. The van der Waals surface area contributed by atoms with Gasteiger partial charge in [-0.25, -0.2) is 0 Å². The van der Waals surface area contributed by atoms with Crippen molar-refractivity contribution < 1.29 is 4.79 Å². The molecule has 2 aromatic rings. The third-order valence-electron chi connectivity index (χ3n) is 5.19. The molecule has 2 aliphatic heterocycles. The van der Waals surface area contributed by atoms with Crippen LogP contribution in [0.15, 0.2) is 64.5 Å². The van der Waals surface area contributed by atoms with E-state index in [1.54, 1.807) is 0 Å². The van der Waals surface area contributed by atoms with Crippen LogP contribution < -0.4 is 0 Å². The topological polar surface area (TPSA) is 35.9 Å². The Bertz CT molecular complexity index is 882. The van der Waals surface area contributed by atoms with E-state index in [1.165, 1.54) is 22.9 Å². The first-order valence-corrected chi connectivity index (χ1v) is 10.7. The quantitative estimate of drug-likeness (QED) is 0.737. The molecule has 4 nitrogen and oxygen atoms in total. The lowest BCUT2D eigenvalue weighted by molar-refractivity contribution is -0.113. The zero-order valence-electron chi connectivity index (χ0n) is 16.2. The summed E-state index contributed by atoms with van der Waals surface area (Å²) in [5, 5.41) is 0.848. The van der Waals surface area contributed by atoms with Crippen molar-refractivity contribution in [2.45, 2.75) is 19.9 Å². The van der Waals surface area contributed by atoms with Crippen LogP contribution in [-0.4, -0.2) is 47.1 Å². The Morgan fingerprint density at radius 3 is 2.36 bits per heavy atom. The van der Waals surface area contributed by atoms with E-state index < -0.39 is 0 Å². The molecule has 0 N–H and O–H groups in total. The van der Waals surface area contributed by atoms with Gasteiger partial charge in [0.25, 0.3) is 5.91 Å². The fraction of sp³-hybridized carbons (Fsp3) is 0.304. The molecular formula is C23H25N3OS. The Morgan fingerprint density at radius 1 is 0.964 bits per heavy atom. The van der Waals surface area contributed by atoms with Crippen molar-refractivity contribution in [2.24, 2.45) is 4.99 Å². The molecule has 1 saturated heterocycles. The van der Waals surface area contributed by atoms with Crippen LogP contribution in [0.4, 0.5) is 0 Å². The molecule has 2 heterocycles. The van der Waals surface area contributed by atoms with Crippen LogP contribution in [0.2, 0.25) is 0 Å². The van der Waals surface area contributed by atoms with Gasteiger partial charge in [0, 0.05) is 32.7 Å². The van der Waals surface area contributed by atoms with E-state index in [1.807, 2.05) is 6.08 Å². The zero-order valence-corrected chi connectivity index (χ0v) is 17.0. The number of thioether (sulfide) groups is 1. The van der Waals surface area contributed by atoms with Gasteiger partial charge < -0.3 is 4.90 Å². The number of amidine groups is 1. The van der Waals surface area contributed by atoms with Crippen molar-refractivity contribution in [3.05, 3.63) is 76.2 Å². The summed E-state index contributed by atoms with van der Waals surface area (Å²) in [6.07, 6.45) is 2.97. The number of carbonyl (C=O) groups is 1. The summed E-state index contributed by atoms with van der Waals surface area (Å²) in [5.41, 5.74) is 3.70. The summed E-state index contributed by atoms with van der Waals surface area (Å²) in [6, 6.07) is 18.9. The number of aliphatic imine (C=N–C) groups is 1. The lowest BCUT2D eigenvalue weighted by Gasteiger charge is -2.35. The monoisotopic (exact) mass is 391 g/mol. The first-order chi connectivity index (χ1) is 13.7. The predicted octanol–water partition coefficient (Wildman–Crippen LogP) is 4.04. The summed E-state index contributed by atoms with van der Waals surface area (Å²) in [5.74, 6) is -0.119. The number of amides is 1. The number of nitrogens with zero attached hydrogens (tertiary/aromatic N) is 3. The summed E-state index contributed by atoms with van der Waals surface area (Å²) in [6.45, 7) is 6.91. The largest absolute Gasteiger partial charge is 0.348 e. The minimum atomic E-state index is -0.119. The Labute approximate surface area is 171 Å². The predicted molar refractivity (Wildman–Crippen MR) is 117 cm³/mol. The third kappa shape index (κ3) is 4.54. The molecule has 4 rings (SSSR count). The number of rotatable bonds is 4. The normalized spacial score (nSPS) is 19.3. The highest BCUT2D eigenvalue weighted by Crippen LogP contribution is 2.30. The van der Waals surface area contributed by atoms with Crippen LogP contribution in [0.1, 0.15) is 23.6 Å². The van der Waals surface area contributed by atoms with Gasteiger partial charge in [0.05, 0.1) is 4.91 Å². The molecule has 0 radical (unpaired) electrons. The molecule has 5 heteroatoms. The molecule has 0 spiro atoms. The number of piperazine rings is 1. The molecule has 0 atom stereocenters. The van der Waals surface area contributed by atoms with Gasteiger partial charge in [-0.15, -0.1) is 0 Å². The number of hydrogen-bond donors (Lipinski definition) is 0. The third-order valence-corrected chi connectivity index (χ3v) is 6.23. The first kappa shape index (κ1) is 19.0. The molecule has 0 aliphatic carbocycles. The summed E-state index contributed by atoms with van der Waals surface area (Å²) < 4.78 is 0. The number of hydrogen-bond acceptors (Lipinski definition) is 4. The molecule has 0 unspecified atom stereocenters. The molecule has 1 amide bonds. The zero-order chi connectivity index (χ0) is 19.3. The first-order valence-electron chi connectivity index (χ1n) is 9.84. The Balaban J connectivity index is 1.34. The summed E-state index contributed by atoms with van der Waals surface area (Å²) in [7, 11) is 0. The molecular weight excluding hydrogens is 366 g/mol. The van der Waals surface area contributed by atoms with Crippen LogP contribution in [-0.2, 0) is 17.8 Å². The average molecular weight is 392 g/mol. The average Bonchev–Trinajstić information content (AvgIpc) is 3.10. The summed E-state index contributed by atoms with van der Waals surface area (Å²) in [4.78, 5) is 22.1. The maximum absolute atomic E-state index is 12.3. The van der Waals surface area contributed by atoms with Gasteiger partial charge in [-0.1, -0.05) is 61.5 Å². The molecule has 2 aliphatic rings. The van der Waals surface area contributed by atoms with E-state index in [-0.39, 0.29) is 5.91 Å². The Kier molecular flexibility index (Phi) is 5.93. The van der Waals surface area contributed by atoms with E-state index in [0.29, 0.717) is 4.91 Å². The highest BCUT2D eigenvalue weighted by atomic mass is 32.2. The van der Waals surface area contributed by atoms with Crippen LogP contribution >= 0.6 is 11.8 Å². The Hall–Kier alpha value is -2.37. The van der Waals surface area contributed by atoms with Crippen molar-refractivity contribution in [2.75, 3.05) is 26.2 Å². The van der Waals surface area contributed by atoms with E-state index in [4.69, 9.17) is 0 Å². The van der Waals surface area contributed by atoms with Gasteiger partial charge in [-0.3, -0.25) is 9.69 Å². The molecule has 0 bridgehead atoms. The van der Waals surface area contributed by atoms with Crippen molar-refractivity contribution in [3.63, 3.8) is 0 Å². The number of aryl methyl sites for hydroxylation is 1. The lowest BCUT2D eigenvalue weighted by Crippen LogP contribution is -2.47. The van der Waals surface area contributed by atoms with Crippen LogP contribution in [0.25, 0.3) is 6.08 Å². The maximum atomic E-state index is 12.3. The van der Waals surface area contributed by atoms with Gasteiger partial charge >= 0.3 is 0 Å². The second kappa shape index (κ2) is 8.76. The van der Waals surface area contributed by atoms with Gasteiger partial charge in [0.1, 0.15) is 0 Å². The molecule has 144 valence electrons. The molecule has 0 aromatic heterocycles. The van der Waals surface area contributed by atoms with Crippen molar-refractivity contribution >= 4 is 28.9 Å². The summed E-state index contributed by atoms with van der Waals surface area (Å²) >= 11 is 1.50. The van der Waals surface area contributed by atoms with E-state index in [0.717, 1.165) is 49.9 Å². The fourth-order valence-electron chi connectivity index (χ4n) is 3.47. The highest BCUT2D eigenvalue weighted by molar-refractivity contribution is 8.18. The SMILES string of the molecule is CCc1ccc(/C=C2\SC(N3CCN(Cc4ccccc4)CC3)=NC2=O)cc1. The minimum absolute atomic E-state index is 0.119. The van der Waals surface area contributed by atoms with Crippen LogP contribution in [0.3, 0.4) is 0 Å². The van der Waals surface area contributed by atoms with Crippen molar-refractivity contribution in [1.29, 1.82) is 0 Å². The van der Waals surface area contributed by atoms with E-state index in [9.17, 15) is 4.79 Å². The molecule has 28 heavy (non-hydrogen) atoms.